The Hall–Kier alpha value is -2.61. The first-order valence-corrected chi connectivity index (χ1v) is 13.0. The van der Waals surface area contributed by atoms with Crippen molar-refractivity contribution in [2.45, 2.75) is 53.1 Å². The Balaban J connectivity index is 2.54. The molecule has 0 bridgehead atoms. The average Bonchev–Trinajstić information content (AvgIpc) is 2.90. The smallest absolute Gasteiger partial charge is 0.254 e. The first-order chi connectivity index (χ1) is 18.2. The van der Waals surface area contributed by atoms with Crippen molar-refractivity contribution in [2.75, 3.05) is 58.9 Å². The highest BCUT2D eigenvalue weighted by atomic mass is 16.7. The largest absolute Gasteiger partial charge is 0.394 e. The molecule has 2 rings (SSSR count). The van der Waals surface area contributed by atoms with E-state index in [1.807, 2.05) is 13.8 Å². The molecule has 0 aliphatic carbocycles. The van der Waals surface area contributed by atoms with Crippen LogP contribution in [0.3, 0.4) is 0 Å². The number of nitrogens with one attached hydrogen (secondary N) is 1. The Morgan fingerprint density at radius 2 is 1.26 bits per heavy atom. The molecule has 0 saturated carbocycles. The third-order valence-corrected chi connectivity index (χ3v) is 6.85. The van der Waals surface area contributed by atoms with Crippen LogP contribution in [0.2, 0.25) is 0 Å². The number of ether oxygens (including phenoxy) is 2. The molecule has 2 atom stereocenters. The first kappa shape index (κ1) is 32.6. The number of carbonyl (C=O) groups excluding carboxylic acids is 3. The van der Waals surface area contributed by atoms with Crippen LogP contribution in [0.4, 0.5) is 5.69 Å². The maximum atomic E-state index is 13.5. The van der Waals surface area contributed by atoms with Crippen molar-refractivity contribution < 1.29 is 44.3 Å². The van der Waals surface area contributed by atoms with Crippen LogP contribution in [-0.4, -0.2) is 120 Å². The average molecular weight is 554 g/mol. The molecule has 12 heteroatoms. The lowest BCUT2D eigenvalue weighted by Crippen LogP contribution is -2.41. The number of benzene rings is 1. The lowest BCUT2D eigenvalue weighted by atomic mass is 9.89. The number of likely N-dealkylation sites (N-methyl/N-ethyl adjacent to an activating group) is 2. The van der Waals surface area contributed by atoms with Crippen molar-refractivity contribution in [3.63, 3.8) is 0 Å². The lowest BCUT2D eigenvalue weighted by molar-refractivity contribution is -0.217. The van der Waals surface area contributed by atoms with E-state index in [2.05, 4.69) is 5.32 Å². The van der Waals surface area contributed by atoms with Crippen molar-refractivity contribution in [1.29, 1.82) is 0 Å². The fourth-order valence-electron chi connectivity index (χ4n) is 4.62. The third kappa shape index (κ3) is 7.74. The van der Waals surface area contributed by atoms with Crippen molar-refractivity contribution >= 4 is 23.4 Å². The molecule has 220 valence electrons. The van der Waals surface area contributed by atoms with Crippen LogP contribution in [0.25, 0.3) is 0 Å². The molecule has 1 aliphatic heterocycles. The predicted octanol–water partition coefficient (Wildman–Crippen LogP) is 0.0459. The second-order valence-electron chi connectivity index (χ2n) is 10.5. The summed E-state index contributed by atoms with van der Waals surface area (Å²) in [5.41, 5.74) is 1.84. The van der Waals surface area contributed by atoms with Crippen molar-refractivity contribution in [3.8, 4) is 0 Å². The molecule has 1 heterocycles. The van der Waals surface area contributed by atoms with Crippen LogP contribution in [0, 0.1) is 32.6 Å². The topological polar surface area (TPSA) is 169 Å². The Morgan fingerprint density at radius 3 is 1.62 bits per heavy atom. The zero-order valence-electron chi connectivity index (χ0n) is 23.9. The molecule has 5 N–H and O–H groups in total. The first-order valence-electron chi connectivity index (χ1n) is 13.0. The fourth-order valence-corrected chi connectivity index (χ4v) is 4.62. The van der Waals surface area contributed by atoms with Crippen LogP contribution >= 0.6 is 0 Å². The predicted molar refractivity (Wildman–Crippen MR) is 143 cm³/mol. The summed E-state index contributed by atoms with van der Waals surface area (Å²) in [4.78, 5) is 42.8. The quantitative estimate of drug-likeness (QED) is 0.254. The van der Waals surface area contributed by atoms with Crippen LogP contribution in [0.1, 0.15) is 51.3 Å². The molecule has 1 aromatic rings. The van der Waals surface area contributed by atoms with Gasteiger partial charge in [0.15, 0.2) is 6.29 Å². The van der Waals surface area contributed by atoms with E-state index < -0.39 is 55.4 Å². The molecule has 0 radical (unpaired) electrons. The van der Waals surface area contributed by atoms with Gasteiger partial charge in [0.05, 0.1) is 44.6 Å². The van der Waals surface area contributed by atoms with Crippen LogP contribution in [0.15, 0.2) is 0 Å². The Labute approximate surface area is 229 Å². The number of hydrogen-bond donors (Lipinski definition) is 5. The molecule has 1 aliphatic rings. The van der Waals surface area contributed by atoms with Gasteiger partial charge in [-0.15, -0.1) is 0 Å². The molecule has 39 heavy (non-hydrogen) atoms. The minimum absolute atomic E-state index is 0.125. The number of hydrogen-bond acceptors (Lipinski definition) is 9. The number of amides is 3. The van der Waals surface area contributed by atoms with Gasteiger partial charge in [-0.2, -0.15) is 0 Å². The second-order valence-corrected chi connectivity index (χ2v) is 10.5. The highest BCUT2D eigenvalue weighted by molar-refractivity contribution is 6.08. The maximum Gasteiger partial charge on any atom is 0.254 e. The zero-order valence-corrected chi connectivity index (χ0v) is 23.9. The zero-order chi connectivity index (χ0) is 29.6. The Bertz CT molecular complexity index is 981. The summed E-state index contributed by atoms with van der Waals surface area (Å²) in [7, 11) is 2.93. The van der Waals surface area contributed by atoms with Gasteiger partial charge in [-0.3, -0.25) is 14.4 Å². The van der Waals surface area contributed by atoms with Gasteiger partial charge in [-0.05, 0) is 37.5 Å². The molecule has 3 amide bonds. The normalized spacial score (nSPS) is 19.0. The minimum atomic E-state index is -1.16. The highest BCUT2D eigenvalue weighted by Gasteiger charge is 2.33. The van der Waals surface area contributed by atoms with E-state index in [0.717, 1.165) is 0 Å². The number of aliphatic hydroxyl groups excluding tert-OH is 4. The number of anilines is 1. The minimum Gasteiger partial charge on any atom is -0.394 e. The SMILES string of the molecule is Cc1c(NC(=O)C2COC(C(C)C)OC2)c(C)c(C(=O)N(C)CC(O)CO)c(C)c1C(=O)N(C)CC(O)CO. The van der Waals surface area contributed by atoms with Gasteiger partial charge in [0.2, 0.25) is 5.91 Å². The molecular weight excluding hydrogens is 510 g/mol. The number of aliphatic hydroxyl groups is 4. The van der Waals surface area contributed by atoms with Gasteiger partial charge in [-0.25, -0.2) is 0 Å². The molecule has 1 aromatic carbocycles. The molecule has 1 saturated heterocycles. The Kier molecular flexibility index (Phi) is 11.8. The summed E-state index contributed by atoms with van der Waals surface area (Å²) in [6, 6.07) is 0. The number of carbonyl (C=O) groups is 3. The van der Waals surface area contributed by atoms with Gasteiger partial charge in [0.1, 0.15) is 0 Å². The van der Waals surface area contributed by atoms with Gasteiger partial charge in [-0.1, -0.05) is 13.8 Å². The van der Waals surface area contributed by atoms with Crippen molar-refractivity contribution in [3.05, 3.63) is 27.8 Å². The van der Waals surface area contributed by atoms with Crippen molar-refractivity contribution in [1.82, 2.24) is 9.80 Å². The number of rotatable bonds is 11. The van der Waals surface area contributed by atoms with E-state index >= 15 is 0 Å². The lowest BCUT2D eigenvalue weighted by Gasteiger charge is -2.31. The molecular formula is C27H43N3O9. The van der Waals surface area contributed by atoms with Gasteiger partial charge in [0, 0.05) is 49.9 Å². The van der Waals surface area contributed by atoms with Gasteiger partial charge >= 0.3 is 0 Å². The second kappa shape index (κ2) is 14.1. The monoisotopic (exact) mass is 553 g/mol. The van der Waals surface area contributed by atoms with Crippen LogP contribution < -0.4 is 5.32 Å². The van der Waals surface area contributed by atoms with E-state index in [1.165, 1.54) is 23.9 Å². The highest BCUT2D eigenvalue weighted by Crippen LogP contribution is 2.33. The molecule has 12 nitrogen and oxygen atoms in total. The van der Waals surface area contributed by atoms with Crippen LogP contribution in [-0.2, 0) is 14.3 Å². The summed E-state index contributed by atoms with van der Waals surface area (Å²) >= 11 is 0. The summed E-state index contributed by atoms with van der Waals surface area (Å²) in [6.07, 6.45) is -2.71. The molecule has 0 spiro atoms. The standard InChI is InChI=1S/C27H43N3O9/c1-14(2)27-38-12-18(13-39-27)24(35)28-23-16(4)21(25(36)29(6)8-19(33)10-31)15(3)22(17(23)5)26(37)30(7)9-20(34)11-32/h14,18-20,27,31-34H,8-13H2,1-7H3,(H,28,35). The summed E-state index contributed by atoms with van der Waals surface area (Å²) in [5, 5.41) is 41.1. The van der Waals surface area contributed by atoms with E-state index in [0.29, 0.717) is 16.7 Å². The summed E-state index contributed by atoms with van der Waals surface area (Å²) in [5.74, 6) is -1.89. The Morgan fingerprint density at radius 1 is 0.846 bits per heavy atom. The summed E-state index contributed by atoms with van der Waals surface area (Å²) in [6.45, 7) is 7.79. The van der Waals surface area contributed by atoms with Gasteiger partial charge in [0.25, 0.3) is 11.8 Å². The van der Waals surface area contributed by atoms with E-state index in [1.54, 1.807) is 20.8 Å². The molecule has 1 fully saturated rings. The molecule has 0 aromatic heterocycles. The molecule has 2 unspecified atom stereocenters. The van der Waals surface area contributed by atoms with Crippen molar-refractivity contribution in [2.24, 2.45) is 11.8 Å². The van der Waals surface area contributed by atoms with Gasteiger partial charge < -0.3 is 45.0 Å². The third-order valence-electron chi connectivity index (χ3n) is 6.85. The van der Waals surface area contributed by atoms with E-state index in [9.17, 15) is 34.8 Å². The van der Waals surface area contributed by atoms with E-state index in [4.69, 9.17) is 9.47 Å². The maximum absolute atomic E-state index is 13.5. The van der Waals surface area contributed by atoms with Crippen LogP contribution in [0.5, 0.6) is 0 Å². The number of nitrogens with zero attached hydrogens (tertiary/aromatic N) is 2. The summed E-state index contributed by atoms with van der Waals surface area (Å²) < 4.78 is 11.4. The van der Waals surface area contributed by atoms with E-state index in [-0.39, 0.29) is 49.0 Å². The fraction of sp³-hybridized carbons (Fsp3) is 0.667.